The van der Waals surface area contributed by atoms with Crippen molar-refractivity contribution in [1.29, 1.82) is 0 Å². The Bertz CT molecular complexity index is 231. The minimum Gasteiger partial charge on any atom is -0.379 e. The minimum atomic E-state index is -0.0376. The van der Waals surface area contributed by atoms with Gasteiger partial charge in [-0.2, -0.15) is 0 Å². The van der Waals surface area contributed by atoms with Crippen LogP contribution in [-0.4, -0.2) is 38.8 Å². The van der Waals surface area contributed by atoms with Gasteiger partial charge in [-0.25, -0.2) is 0 Å². The lowest BCUT2D eigenvalue weighted by atomic mass is 9.97. The molecule has 0 aliphatic carbocycles. The molecule has 1 rings (SSSR count). The third-order valence-electron chi connectivity index (χ3n) is 3.52. The number of carbonyl (C=O) groups excluding carboxylic acids is 1. The molecule has 0 aromatic heterocycles. The van der Waals surface area contributed by atoms with Gasteiger partial charge in [0.25, 0.3) is 0 Å². The van der Waals surface area contributed by atoms with E-state index in [1.54, 1.807) is 0 Å². The molecule has 1 aliphatic rings. The molecule has 0 aromatic rings. The van der Waals surface area contributed by atoms with Gasteiger partial charge in [-0.3, -0.25) is 4.79 Å². The predicted octanol–water partition coefficient (Wildman–Crippen LogP) is 0.629. The molecule has 0 aromatic carbocycles. The van der Waals surface area contributed by atoms with Crippen molar-refractivity contribution in [2.45, 2.75) is 26.8 Å². The molecule has 3 atom stereocenters. The number of ether oxygens (including phenoxy) is 1. The molecule has 1 amide bonds. The molecular weight excluding hydrogens is 204 g/mol. The average molecular weight is 228 g/mol. The first kappa shape index (κ1) is 13.5. The van der Waals surface area contributed by atoms with E-state index in [0.717, 1.165) is 6.54 Å². The topological polar surface area (TPSA) is 50.4 Å². The van der Waals surface area contributed by atoms with Crippen molar-refractivity contribution in [2.75, 3.05) is 26.8 Å². The predicted molar refractivity (Wildman–Crippen MR) is 64.2 cm³/mol. The Balaban J connectivity index is 2.34. The maximum Gasteiger partial charge on any atom is 0.227 e. The zero-order valence-electron chi connectivity index (χ0n) is 10.7. The molecule has 0 bridgehead atoms. The molecular formula is C12H24N2O2. The highest BCUT2D eigenvalue weighted by Crippen LogP contribution is 2.14. The van der Waals surface area contributed by atoms with E-state index in [9.17, 15) is 4.79 Å². The Morgan fingerprint density at radius 2 is 2.06 bits per heavy atom. The van der Waals surface area contributed by atoms with Gasteiger partial charge in [0.15, 0.2) is 0 Å². The van der Waals surface area contributed by atoms with E-state index >= 15 is 0 Å². The van der Waals surface area contributed by atoms with Crippen LogP contribution in [0.25, 0.3) is 0 Å². The first-order valence-electron chi connectivity index (χ1n) is 6.09. The van der Waals surface area contributed by atoms with Gasteiger partial charge >= 0.3 is 0 Å². The maximum absolute atomic E-state index is 11.9. The minimum absolute atomic E-state index is 0.0376. The van der Waals surface area contributed by atoms with Gasteiger partial charge in [-0.1, -0.05) is 20.8 Å². The summed E-state index contributed by atoms with van der Waals surface area (Å²) in [6.45, 7) is 8.43. The lowest BCUT2D eigenvalue weighted by Gasteiger charge is -2.20. The van der Waals surface area contributed by atoms with Crippen molar-refractivity contribution >= 4 is 5.91 Å². The van der Waals surface area contributed by atoms with Crippen molar-refractivity contribution in [1.82, 2.24) is 10.6 Å². The zero-order chi connectivity index (χ0) is 12.1. The summed E-state index contributed by atoms with van der Waals surface area (Å²) in [7, 11) is 1.87. The molecule has 0 saturated carbocycles. The van der Waals surface area contributed by atoms with Crippen molar-refractivity contribution < 1.29 is 9.53 Å². The van der Waals surface area contributed by atoms with Crippen molar-refractivity contribution in [3.05, 3.63) is 0 Å². The fourth-order valence-corrected chi connectivity index (χ4v) is 1.73. The molecule has 2 N–H and O–H groups in total. The zero-order valence-corrected chi connectivity index (χ0v) is 10.7. The van der Waals surface area contributed by atoms with Crippen molar-refractivity contribution in [2.24, 2.45) is 17.8 Å². The van der Waals surface area contributed by atoms with Gasteiger partial charge in [0, 0.05) is 12.6 Å². The van der Waals surface area contributed by atoms with Crippen LogP contribution in [0.4, 0.5) is 0 Å². The third-order valence-corrected chi connectivity index (χ3v) is 3.52. The van der Waals surface area contributed by atoms with Crippen molar-refractivity contribution in [3.8, 4) is 0 Å². The maximum atomic E-state index is 11.9. The van der Waals surface area contributed by atoms with Gasteiger partial charge in [0.2, 0.25) is 5.91 Å². The highest BCUT2D eigenvalue weighted by Gasteiger charge is 2.32. The molecule has 1 fully saturated rings. The Kier molecular flexibility index (Phi) is 5.22. The molecule has 94 valence electrons. The SMILES string of the molecule is CNC1COCC1C(=O)NCC(C)C(C)C. The fraction of sp³-hybridized carbons (Fsp3) is 0.917. The molecule has 4 heteroatoms. The Morgan fingerprint density at radius 1 is 1.38 bits per heavy atom. The molecule has 1 saturated heterocycles. The number of rotatable bonds is 5. The quantitative estimate of drug-likeness (QED) is 0.725. The van der Waals surface area contributed by atoms with Crippen LogP contribution in [0.2, 0.25) is 0 Å². The standard InChI is InChI=1S/C12H24N2O2/c1-8(2)9(3)5-14-12(15)10-6-16-7-11(10)13-4/h8-11,13H,5-7H2,1-4H3,(H,14,15). The van der Waals surface area contributed by atoms with E-state index < -0.39 is 0 Å². The summed E-state index contributed by atoms with van der Waals surface area (Å²) in [4.78, 5) is 11.9. The monoisotopic (exact) mass is 228 g/mol. The summed E-state index contributed by atoms with van der Waals surface area (Å²) in [5.74, 6) is 1.19. The lowest BCUT2D eigenvalue weighted by Crippen LogP contribution is -2.43. The summed E-state index contributed by atoms with van der Waals surface area (Å²) in [6, 6.07) is 0.161. The van der Waals surface area contributed by atoms with Crippen LogP contribution in [0.1, 0.15) is 20.8 Å². The summed E-state index contributed by atoms with van der Waals surface area (Å²) >= 11 is 0. The third kappa shape index (κ3) is 3.46. The number of hydrogen-bond acceptors (Lipinski definition) is 3. The van der Waals surface area contributed by atoms with Gasteiger partial charge in [-0.05, 0) is 18.9 Å². The van der Waals surface area contributed by atoms with Crippen LogP contribution in [0.3, 0.4) is 0 Å². The second-order valence-corrected chi connectivity index (χ2v) is 5.01. The summed E-state index contributed by atoms with van der Waals surface area (Å²) in [5.41, 5.74) is 0. The molecule has 4 nitrogen and oxygen atoms in total. The van der Waals surface area contributed by atoms with Gasteiger partial charge in [0.05, 0.1) is 19.1 Å². The Morgan fingerprint density at radius 3 is 2.62 bits per heavy atom. The number of likely N-dealkylation sites (N-methyl/N-ethyl adjacent to an activating group) is 1. The molecule has 0 spiro atoms. The smallest absolute Gasteiger partial charge is 0.227 e. The van der Waals surface area contributed by atoms with E-state index in [1.807, 2.05) is 7.05 Å². The average Bonchev–Trinajstić information content (AvgIpc) is 2.73. The van der Waals surface area contributed by atoms with Crippen LogP contribution in [-0.2, 0) is 9.53 Å². The first-order chi connectivity index (χ1) is 7.56. The first-order valence-corrected chi connectivity index (χ1v) is 6.09. The molecule has 1 heterocycles. The van der Waals surface area contributed by atoms with E-state index in [1.165, 1.54) is 0 Å². The number of carbonyl (C=O) groups is 1. The lowest BCUT2D eigenvalue weighted by molar-refractivity contribution is -0.125. The highest BCUT2D eigenvalue weighted by molar-refractivity contribution is 5.79. The van der Waals surface area contributed by atoms with Gasteiger partial charge < -0.3 is 15.4 Å². The van der Waals surface area contributed by atoms with E-state index in [4.69, 9.17) is 4.74 Å². The summed E-state index contributed by atoms with van der Waals surface area (Å²) in [5, 5.41) is 6.13. The Hall–Kier alpha value is -0.610. The second-order valence-electron chi connectivity index (χ2n) is 5.01. The number of nitrogens with one attached hydrogen (secondary N) is 2. The normalized spacial score (nSPS) is 27.1. The summed E-state index contributed by atoms with van der Waals surface area (Å²) in [6.07, 6.45) is 0. The molecule has 3 unspecified atom stereocenters. The molecule has 16 heavy (non-hydrogen) atoms. The number of amides is 1. The van der Waals surface area contributed by atoms with Gasteiger partial charge in [0.1, 0.15) is 0 Å². The van der Waals surface area contributed by atoms with Crippen LogP contribution in [0, 0.1) is 17.8 Å². The fourth-order valence-electron chi connectivity index (χ4n) is 1.73. The largest absolute Gasteiger partial charge is 0.379 e. The Labute approximate surface area is 98.1 Å². The van der Waals surface area contributed by atoms with Crippen molar-refractivity contribution in [3.63, 3.8) is 0 Å². The highest BCUT2D eigenvalue weighted by atomic mass is 16.5. The van der Waals surface area contributed by atoms with E-state index in [-0.39, 0.29) is 17.9 Å². The van der Waals surface area contributed by atoms with Crippen LogP contribution in [0.5, 0.6) is 0 Å². The summed E-state index contributed by atoms with van der Waals surface area (Å²) < 4.78 is 5.31. The van der Waals surface area contributed by atoms with Crippen LogP contribution in [0.15, 0.2) is 0 Å². The van der Waals surface area contributed by atoms with Gasteiger partial charge in [-0.15, -0.1) is 0 Å². The van der Waals surface area contributed by atoms with E-state index in [0.29, 0.717) is 25.0 Å². The molecule has 0 radical (unpaired) electrons. The second kappa shape index (κ2) is 6.21. The van der Waals surface area contributed by atoms with Crippen LogP contribution >= 0.6 is 0 Å². The van der Waals surface area contributed by atoms with E-state index in [2.05, 4.69) is 31.4 Å². The van der Waals surface area contributed by atoms with Crippen LogP contribution < -0.4 is 10.6 Å². The molecule has 1 aliphatic heterocycles. The number of hydrogen-bond donors (Lipinski definition) is 2.